The number of para-hydroxylation sites is 1. The number of carbonyl (C=O) groups excluding carboxylic acids is 1. The molecule has 0 radical (unpaired) electrons. The zero-order chi connectivity index (χ0) is 15.5. The molecule has 4 nitrogen and oxygen atoms in total. The molecule has 2 heterocycles. The van der Waals surface area contributed by atoms with Crippen LogP contribution in [0, 0.1) is 6.92 Å². The second-order valence-corrected chi connectivity index (χ2v) is 6.79. The third kappa shape index (κ3) is 3.14. The van der Waals surface area contributed by atoms with Gasteiger partial charge in [0.2, 0.25) is 5.91 Å². The predicted molar refractivity (Wildman–Crippen MR) is 89.9 cm³/mol. The number of nitrogens with zero attached hydrogens (tertiary/aromatic N) is 3. The van der Waals surface area contributed by atoms with Gasteiger partial charge in [0.25, 0.3) is 0 Å². The molecular weight excluding hydrogens is 294 g/mol. The van der Waals surface area contributed by atoms with Crippen LogP contribution in [-0.4, -0.2) is 28.5 Å². The molecule has 22 heavy (non-hydrogen) atoms. The van der Waals surface area contributed by atoms with Crippen molar-refractivity contribution in [2.45, 2.75) is 39.2 Å². The van der Waals surface area contributed by atoms with Gasteiger partial charge in [-0.25, -0.2) is 4.98 Å². The average molecular weight is 315 g/mol. The molecule has 2 aromatic rings. The summed E-state index contributed by atoms with van der Waals surface area (Å²) >= 11 is 1.60. The van der Waals surface area contributed by atoms with E-state index < -0.39 is 0 Å². The van der Waals surface area contributed by atoms with Crippen LogP contribution in [0.4, 0.5) is 5.69 Å². The fourth-order valence-corrected chi connectivity index (χ4v) is 3.58. The van der Waals surface area contributed by atoms with Crippen molar-refractivity contribution in [3.63, 3.8) is 0 Å². The lowest BCUT2D eigenvalue weighted by Crippen LogP contribution is -2.55. The number of carbonyl (C=O) groups is 1. The van der Waals surface area contributed by atoms with Crippen LogP contribution in [0.5, 0.6) is 0 Å². The second-order valence-electron chi connectivity index (χ2n) is 5.72. The Bertz CT molecular complexity index is 640. The van der Waals surface area contributed by atoms with Gasteiger partial charge in [0, 0.05) is 11.9 Å². The number of hydrazine groups is 1. The van der Waals surface area contributed by atoms with Gasteiger partial charge in [-0.2, -0.15) is 0 Å². The first-order chi connectivity index (χ1) is 10.6. The summed E-state index contributed by atoms with van der Waals surface area (Å²) in [6.07, 6.45) is 2.53. The summed E-state index contributed by atoms with van der Waals surface area (Å²) < 4.78 is 0. The predicted octanol–water partition coefficient (Wildman–Crippen LogP) is 3.43. The van der Waals surface area contributed by atoms with Crippen molar-refractivity contribution in [3.05, 3.63) is 46.4 Å². The minimum atomic E-state index is 0.126. The minimum absolute atomic E-state index is 0.126. The van der Waals surface area contributed by atoms with Crippen LogP contribution in [-0.2, 0) is 11.2 Å². The van der Waals surface area contributed by atoms with E-state index in [9.17, 15) is 4.79 Å². The number of aromatic nitrogens is 1. The third-order valence-corrected chi connectivity index (χ3v) is 4.80. The summed E-state index contributed by atoms with van der Waals surface area (Å²) in [5.74, 6) is 0.126. The van der Waals surface area contributed by atoms with Gasteiger partial charge in [-0.3, -0.25) is 14.8 Å². The van der Waals surface area contributed by atoms with Gasteiger partial charge < -0.3 is 0 Å². The summed E-state index contributed by atoms with van der Waals surface area (Å²) in [4.78, 5) is 17.2. The number of thiazole rings is 1. The maximum atomic E-state index is 12.8. The maximum Gasteiger partial charge on any atom is 0.247 e. The molecule has 0 spiro atoms. The van der Waals surface area contributed by atoms with Crippen LogP contribution in [0.2, 0.25) is 0 Å². The first-order valence-electron chi connectivity index (χ1n) is 7.70. The largest absolute Gasteiger partial charge is 0.283 e. The minimum Gasteiger partial charge on any atom is -0.283 e. The molecule has 0 N–H and O–H groups in total. The van der Waals surface area contributed by atoms with Crippen molar-refractivity contribution in [2.75, 3.05) is 11.6 Å². The Morgan fingerprint density at radius 3 is 2.82 bits per heavy atom. The van der Waals surface area contributed by atoms with Crippen LogP contribution in [0.1, 0.15) is 30.5 Å². The molecule has 0 saturated carbocycles. The lowest BCUT2D eigenvalue weighted by atomic mass is 10.1. The molecule has 5 heteroatoms. The summed E-state index contributed by atoms with van der Waals surface area (Å²) in [6, 6.07) is 10.4. The molecule has 1 fully saturated rings. The highest BCUT2D eigenvalue weighted by molar-refractivity contribution is 7.09. The number of hydrogen-bond donors (Lipinski definition) is 0. The highest BCUT2D eigenvalue weighted by Gasteiger charge is 2.30. The van der Waals surface area contributed by atoms with Crippen LogP contribution in [0.3, 0.4) is 0 Å². The van der Waals surface area contributed by atoms with Crippen LogP contribution >= 0.6 is 11.3 Å². The number of aryl methyl sites for hydroxylation is 1. The van der Waals surface area contributed by atoms with Gasteiger partial charge in [-0.05, 0) is 38.8 Å². The van der Waals surface area contributed by atoms with Crippen molar-refractivity contribution in [3.8, 4) is 0 Å². The molecule has 1 aromatic carbocycles. The number of anilines is 1. The molecule has 3 rings (SSSR count). The molecule has 0 bridgehead atoms. The van der Waals surface area contributed by atoms with Gasteiger partial charge in [-0.15, -0.1) is 11.3 Å². The molecule has 1 amide bonds. The number of rotatable bonds is 3. The van der Waals surface area contributed by atoms with E-state index >= 15 is 0 Å². The Balaban J connectivity index is 1.82. The molecule has 0 aliphatic carbocycles. The van der Waals surface area contributed by atoms with Crippen LogP contribution in [0.25, 0.3) is 0 Å². The van der Waals surface area contributed by atoms with Crippen molar-refractivity contribution in [2.24, 2.45) is 0 Å². The van der Waals surface area contributed by atoms with Crippen LogP contribution < -0.4 is 5.01 Å². The van der Waals surface area contributed by atoms with Gasteiger partial charge in [0.1, 0.15) is 0 Å². The smallest absolute Gasteiger partial charge is 0.247 e. The third-order valence-electron chi connectivity index (χ3n) is 3.98. The normalized spacial score (nSPS) is 18.5. The SMILES string of the molecule is Cc1nc(CC(=O)N2[C@H](C)CCCN2c2ccccc2)cs1. The Morgan fingerprint density at radius 1 is 1.36 bits per heavy atom. The Labute approximate surface area is 135 Å². The summed E-state index contributed by atoms with van der Waals surface area (Å²) in [6.45, 7) is 4.98. The van der Waals surface area contributed by atoms with Crippen molar-refractivity contribution < 1.29 is 4.79 Å². The fraction of sp³-hybridized carbons (Fsp3) is 0.412. The zero-order valence-electron chi connectivity index (χ0n) is 13.0. The second kappa shape index (κ2) is 6.48. The van der Waals surface area contributed by atoms with E-state index in [1.165, 1.54) is 0 Å². The van der Waals surface area contributed by atoms with E-state index in [0.717, 1.165) is 35.8 Å². The summed E-state index contributed by atoms with van der Waals surface area (Å²) in [5.41, 5.74) is 1.95. The number of hydrogen-bond acceptors (Lipinski definition) is 4. The van der Waals surface area contributed by atoms with Gasteiger partial charge >= 0.3 is 0 Å². The lowest BCUT2D eigenvalue weighted by Gasteiger charge is -2.44. The van der Waals surface area contributed by atoms with E-state index in [1.807, 2.05) is 35.5 Å². The first kappa shape index (κ1) is 15.0. The van der Waals surface area contributed by atoms with E-state index in [0.29, 0.717) is 6.42 Å². The molecule has 1 aromatic heterocycles. The highest BCUT2D eigenvalue weighted by atomic mass is 32.1. The summed E-state index contributed by atoms with van der Waals surface area (Å²) in [5, 5.41) is 7.03. The van der Waals surface area contributed by atoms with Gasteiger partial charge in [-0.1, -0.05) is 18.2 Å². The maximum absolute atomic E-state index is 12.8. The van der Waals surface area contributed by atoms with Crippen LogP contribution in [0.15, 0.2) is 35.7 Å². The molecule has 1 atom stereocenters. The van der Waals surface area contributed by atoms with E-state index in [4.69, 9.17) is 0 Å². The van der Waals surface area contributed by atoms with E-state index in [-0.39, 0.29) is 11.9 Å². The Hall–Kier alpha value is -1.88. The highest BCUT2D eigenvalue weighted by Crippen LogP contribution is 2.25. The molecule has 1 aliphatic heterocycles. The monoisotopic (exact) mass is 315 g/mol. The average Bonchev–Trinajstić information content (AvgIpc) is 2.92. The number of amides is 1. The summed E-state index contributed by atoms with van der Waals surface area (Å²) in [7, 11) is 0. The molecule has 1 aliphatic rings. The van der Waals surface area contributed by atoms with Gasteiger partial charge in [0.05, 0.1) is 28.9 Å². The zero-order valence-corrected chi connectivity index (χ0v) is 13.8. The topological polar surface area (TPSA) is 36.4 Å². The van der Waals surface area contributed by atoms with E-state index in [2.05, 4.69) is 29.0 Å². The number of benzene rings is 1. The molecular formula is C17H21N3OS. The molecule has 0 unspecified atom stereocenters. The quantitative estimate of drug-likeness (QED) is 0.871. The van der Waals surface area contributed by atoms with Crippen molar-refractivity contribution in [1.29, 1.82) is 0 Å². The standard InChI is InChI=1S/C17H21N3OS/c1-13-7-6-10-19(16-8-4-3-5-9-16)20(13)17(21)11-15-12-22-14(2)18-15/h3-5,8-9,12-13H,6-7,10-11H2,1-2H3/t13-/m1/s1. The van der Waals surface area contributed by atoms with E-state index in [1.54, 1.807) is 11.3 Å². The Kier molecular flexibility index (Phi) is 4.43. The molecule has 1 saturated heterocycles. The fourth-order valence-electron chi connectivity index (χ4n) is 2.96. The molecule has 116 valence electrons. The van der Waals surface area contributed by atoms with Crippen molar-refractivity contribution in [1.82, 2.24) is 9.99 Å². The lowest BCUT2D eigenvalue weighted by molar-refractivity contribution is -0.134. The first-order valence-corrected chi connectivity index (χ1v) is 8.58. The van der Waals surface area contributed by atoms with Crippen molar-refractivity contribution >= 4 is 22.9 Å². The van der Waals surface area contributed by atoms with Gasteiger partial charge in [0.15, 0.2) is 0 Å². The Morgan fingerprint density at radius 2 is 2.14 bits per heavy atom.